The van der Waals surface area contributed by atoms with Gasteiger partial charge in [-0.1, -0.05) is 19.3 Å². The van der Waals surface area contributed by atoms with Gasteiger partial charge in [0.2, 0.25) is 5.91 Å². The molecule has 6 nitrogen and oxygen atoms in total. The van der Waals surface area contributed by atoms with Gasteiger partial charge in [0, 0.05) is 18.4 Å². The first kappa shape index (κ1) is 13.3. The van der Waals surface area contributed by atoms with Crippen LogP contribution in [-0.2, 0) is 4.79 Å². The van der Waals surface area contributed by atoms with Crippen LogP contribution in [-0.4, -0.2) is 28.5 Å². The molecule has 0 atom stereocenters. The van der Waals surface area contributed by atoms with Crippen LogP contribution in [0.2, 0.25) is 0 Å². The van der Waals surface area contributed by atoms with E-state index >= 15 is 0 Å². The van der Waals surface area contributed by atoms with Gasteiger partial charge in [-0.3, -0.25) is 4.79 Å². The molecule has 1 aliphatic rings. The van der Waals surface area contributed by atoms with E-state index in [2.05, 4.69) is 20.6 Å². The van der Waals surface area contributed by atoms with Gasteiger partial charge >= 0.3 is 0 Å². The van der Waals surface area contributed by atoms with Crippen LogP contribution in [0.25, 0.3) is 0 Å². The van der Waals surface area contributed by atoms with Gasteiger partial charge in [0.05, 0.1) is 6.54 Å². The summed E-state index contributed by atoms with van der Waals surface area (Å²) in [4.78, 5) is 19.6. The molecule has 0 aromatic carbocycles. The number of hydrogen-bond acceptors (Lipinski definition) is 5. The molecular weight excluding hydrogens is 242 g/mol. The lowest BCUT2D eigenvalue weighted by atomic mass is 9.95. The van der Waals surface area contributed by atoms with E-state index in [0.29, 0.717) is 11.9 Å². The third-order valence-electron chi connectivity index (χ3n) is 3.19. The van der Waals surface area contributed by atoms with Crippen molar-refractivity contribution in [3.8, 4) is 6.07 Å². The van der Waals surface area contributed by atoms with Crippen LogP contribution in [0.15, 0.2) is 12.4 Å². The van der Waals surface area contributed by atoms with Crippen molar-refractivity contribution in [3.05, 3.63) is 18.1 Å². The summed E-state index contributed by atoms with van der Waals surface area (Å²) >= 11 is 0. The summed E-state index contributed by atoms with van der Waals surface area (Å²) in [6, 6.07) is 2.22. The highest BCUT2D eigenvalue weighted by atomic mass is 16.2. The van der Waals surface area contributed by atoms with Crippen LogP contribution in [0.3, 0.4) is 0 Å². The van der Waals surface area contributed by atoms with E-state index in [1.54, 1.807) is 0 Å². The second-order valence-electron chi connectivity index (χ2n) is 4.62. The van der Waals surface area contributed by atoms with Crippen molar-refractivity contribution in [2.75, 3.05) is 11.9 Å². The highest BCUT2D eigenvalue weighted by Gasteiger charge is 2.15. The number of hydrogen-bond donors (Lipinski definition) is 2. The Labute approximate surface area is 112 Å². The van der Waals surface area contributed by atoms with Gasteiger partial charge in [-0.15, -0.1) is 0 Å². The van der Waals surface area contributed by atoms with Crippen LogP contribution in [0.5, 0.6) is 0 Å². The number of nitrogens with one attached hydrogen (secondary N) is 2. The van der Waals surface area contributed by atoms with E-state index in [9.17, 15) is 4.79 Å². The molecule has 0 saturated heterocycles. The normalized spacial score (nSPS) is 15.5. The Morgan fingerprint density at radius 2 is 2.05 bits per heavy atom. The highest BCUT2D eigenvalue weighted by molar-refractivity contribution is 5.80. The van der Waals surface area contributed by atoms with Crippen molar-refractivity contribution in [3.63, 3.8) is 0 Å². The topological polar surface area (TPSA) is 90.7 Å². The van der Waals surface area contributed by atoms with Crippen molar-refractivity contribution >= 4 is 11.7 Å². The highest BCUT2D eigenvalue weighted by Crippen LogP contribution is 2.17. The molecule has 6 heteroatoms. The summed E-state index contributed by atoms with van der Waals surface area (Å²) in [5.74, 6) is 0.283. The number of aromatic nitrogens is 2. The number of nitriles is 1. The number of anilines is 1. The summed E-state index contributed by atoms with van der Waals surface area (Å²) in [7, 11) is 0. The molecular formula is C13H17N5O. The van der Waals surface area contributed by atoms with Gasteiger partial charge in [-0.25, -0.2) is 9.97 Å². The Balaban J connectivity index is 1.81. The minimum Gasteiger partial charge on any atom is -0.359 e. The lowest BCUT2D eigenvalue weighted by Crippen LogP contribution is -2.39. The molecule has 1 amide bonds. The number of carbonyl (C=O) groups excluding carboxylic acids is 1. The summed E-state index contributed by atoms with van der Waals surface area (Å²) in [5, 5.41) is 14.7. The van der Waals surface area contributed by atoms with Crippen LogP contribution in [0.4, 0.5) is 5.82 Å². The second kappa shape index (κ2) is 6.69. The molecule has 2 rings (SSSR count). The molecule has 1 aliphatic carbocycles. The van der Waals surface area contributed by atoms with Crippen molar-refractivity contribution in [2.45, 2.75) is 38.1 Å². The molecule has 19 heavy (non-hydrogen) atoms. The molecule has 1 heterocycles. The van der Waals surface area contributed by atoms with Crippen LogP contribution in [0.1, 0.15) is 37.8 Å². The first-order chi connectivity index (χ1) is 9.29. The van der Waals surface area contributed by atoms with Crippen LogP contribution < -0.4 is 10.6 Å². The molecule has 0 unspecified atom stereocenters. The van der Waals surface area contributed by atoms with Gasteiger partial charge in [0.15, 0.2) is 11.5 Å². The van der Waals surface area contributed by atoms with Crippen LogP contribution in [0, 0.1) is 11.3 Å². The third kappa shape index (κ3) is 3.91. The fraction of sp³-hybridized carbons (Fsp3) is 0.538. The molecule has 2 N–H and O–H groups in total. The number of carbonyl (C=O) groups is 1. The third-order valence-corrected chi connectivity index (χ3v) is 3.19. The summed E-state index contributed by atoms with van der Waals surface area (Å²) in [6.45, 7) is 0.115. The molecule has 0 radical (unpaired) electrons. The van der Waals surface area contributed by atoms with Crippen molar-refractivity contribution in [1.82, 2.24) is 15.3 Å². The maximum Gasteiger partial charge on any atom is 0.239 e. The smallest absolute Gasteiger partial charge is 0.239 e. The average molecular weight is 259 g/mol. The molecule has 0 bridgehead atoms. The van der Waals surface area contributed by atoms with Crippen molar-refractivity contribution in [1.29, 1.82) is 5.26 Å². The zero-order chi connectivity index (χ0) is 13.5. The second-order valence-corrected chi connectivity index (χ2v) is 4.62. The Bertz CT molecular complexity index is 476. The molecule has 1 aromatic rings. The van der Waals surface area contributed by atoms with E-state index in [-0.39, 0.29) is 18.1 Å². The predicted molar refractivity (Wildman–Crippen MR) is 70.3 cm³/mol. The van der Waals surface area contributed by atoms with E-state index < -0.39 is 0 Å². The summed E-state index contributed by atoms with van der Waals surface area (Å²) in [5.41, 5.74) is 0.202. The molecule has 1 saturated carbocycles. The van der Waals surface area contributed by atoms with Gasteiger partial charge in [0.25, 0.3) is 0 Å². The zero-order valence-corrected chi connectivity index (χ0v) is 10.7. The molecule has 100 valence electrons. The maximum absolute atomic E-state index is 11.8. The van der Waals surface area contributed by atoms with E-state index in [1.165, 1.54) is 31.7 Å². The molecule has 1 aromatic heterocycles. The lowest BCUT2D eigenvalue weighted by molar-refractivity contribution is -0.120. The number of amides is 1. The Morgan fingerprint density at radius 3 is 2.79 bits per heavy atom. The van der Waals surface area contributed by atoms with E-state index in [4.69, 9.17) is 5.26 Å². The SMILES string of the molecule is N#Cc1nccnc1NCC(=O)NC1CCCCC1. The average Bonchev–Trinajstić information content (AvgIpc) is 2.46. The molecule has 1 fully saturated rings. The van der Waals surface area contributed by atoms with Crippen molar-refractivity contribution in [2.24, 2.45) is 0 Å². The quantitative estimate of drug-likeness (QED) is 0.848. The van der Waals surface area contributed by atoms with Gasteiger partial charge in [0.1, 0.15) is 6.07 Å². The summed E-state index contributed by atoms with van der Waals surface area (Å²) < 4.78 is 0. The fourth-order valence-corrected chi connectivity index (χ4v) is 2.24. The first-order valence-electron chi connectivity index (χ1n) is 6.54. The Kier molecular flexibility index (Phi) is 4.67. The standard InChI is InChI=1S/C13H17N5O/c14-8-11-13(16-7-6-15-11)17-9-12(19)18-10-4-2-1-3-5-10/h6-7,10H,1-5,9H2,(H,16,17)(H,18,19). The largest absolute Gasteiger partial charge is 0.359 e. The first-order valence-corrected chi connectivity index (χ1v) is 6.54. The molecule has 0 aliphatic heterocycles. The van der Waals surface area contributed by atoms with Gasteiger partial charge in [-0.2, -0.15) is 5.26 Å². The maximum atomic E-state index is 11.8. The van der Waals surface area contributed by atoms with Gasteiger partial charge in [-0.05, 0) is 12.8 Å². The minimum atomic E-state index is -0.0681. The van der Waals surface area contributed by atoms with Crippen molar-refractivity contribution < 1.29 is 4.79 Å². The zero-order valence-electron chi connectivity index (χ0n) is 10.7. The monoisotopic (exact) mass is 259 g/mol. The Morgan fingerprint density at radius 1 is 1.32 bits per heavy atom. The summed E-state index contributed by atoms with van der Waals surface area (Å²) in [6.07, 6.45) is 8.67. The number of nitrogens with zero attached hydrogens (tertiary/aromatic N) is 3. The van der Waals surface area contributed by atoms with E-state index in [0.717, 1.165) is 12.8 Å². The minimum absolute atomic E-state index is 0.0681. The predicted octanol–water partition coefficient (Wildman–Crippen LogP) is 1.21. The fourth-order valence-electron chi connectivity index (χ4n) is 2.24. The van der Waals surface area contributed by atoms with E-state index in [1.807, 2.05) is 6.07 Å². The Hall–Kier alpha value is -2.16. The van der Waals surface area contributed by atoms with Gasteiger partial charge < -0.3 is 10.6 Å². The number of rotatable bonds is 4. The van der Waals surface area contributed by atoms with Crippen LogP contribution >= 0.6 is 0 Å². The molecule has 0 spiro atoms. The lowest BCUT2D eigenvalue weighted by Gasteiger charge is -2.22.